The first-order chi connectivity index (χ1) is 9.58. The monoisotopic (exact) mass is 295 g/mol. The topological polar surface area (TPSA) is 118 Å². The van der Waals surface area contributed by atoms with E-state index in [9.17, 15) is 20.0 Å². The Morgan fingerprint density at radius 1 is 1.48 bits per heavy atom. The van der Waals surface area contributed by atoms with Crippen LogP contribution in [0.2, 0.25) is 0 Å². The van der Waals surface area contributed by atoms with E-state index < -0.39 is 4.92 Å². The van der Waals surface area contributed by atoms with Crippen LogP contribution in [0.25, 0.3) is 0 Å². The van der Waals surface area contributed by atoms with Gasteiger partial charge in [0.1, 0.15) is 11.4 Å². The number of rotatable bonds is 5. The first kappa shape index (κ1) is 16.9. The Hall–Kier alpha value is -2.15. The molecule has 21 heavy (non-hydrogen) atoms. The fourth-order valence-corrected chi connectivity index (χ4v) is 2.07. The van der Waals surface area contributed by atoms with Gasteiger partial charge in [-0.05, 0) is 24.0 Å². The van der Waals surface area contributed by atoms with Crippen molar-refractivity contribution in [3.63, 3.8) is 0 Å². The van der Waals surface area contributed by atoms with E-state index in [1.54, 1.807) is 0 Å². The number of benzene rings is 1. The van der Waals surface area contributed by atoms with Crippen molar-refractivity contribution >= 4 is 17.3 Å². The number of hydrogen-bond acceptors (Lipinski definition) is 5. The second-order valence-corrected chi connectivity index (χ2v) is 6.24. The fraction of sp³-hybridized carbons (Fsp3) is 0.500. The maximum Gasteiger partial charge on any atom is 0.296 e. The van der Waals surface area contributed by atoms with Gasteiger partial charge in [0.2, 0.25) is 5.91 Å². The normalized spacial score (nSPS) is 12.8. The number of nitrogens with one attached hydrogen (secondary N) is 1. The second-order valence-electron chi connectivity index (χ2n) is 6.24. The number of hydrogen-bond donors (Lipinski definition) is 3. The van der Waals surface area contributed by atoms with Crippen LogP contribution in [0.1, 0.15) is 33.6 Å². The molecule has 7 nitrogen and oxygen atoms in total. The maximum absolute atomic E-state index is 11.9. The van der Waals surface area contributed by atoms with Gasteiger partial charge in [-0.1, -0.05) is 20.8 Å². The summed E-state index contributed by atoms with van der Waals surface area (Å²) in [6.07, 6.45) is 0.743. The third-order valence-corrected chi connectivity index (χ3v) is 2.77. The number of anilines is 1. The summed E-state index contributed by atoms with van der Waals surface area (Å²) < 4.78 is 0. The van der Waals surface area contributed by atoms with Gasteiger partial charge in [0.05, 0.1) is 11.0 Å². The minimum atomic E-state index is -0.662. The van der Waals surface area contributed by atoms with Gasteiger partial charge in [-0.15, -0.1) is 0 Å². The zero-order chi connectivity index (χ0) is 16.2. The van der Waals surface area contributed by atoms with Gasteiger partial charge >= 0.3 is 0 Å². The third-order valence-electron chi connectivity index (χ3n) is 2.77. The van der Waals surface area contributed by atoms with Crippen LogP contribution in [0, 0.1) is 15.5 Å². The Labute approximate surface area is 123 Å². The van der Waals surface area contributed by atoms with Crippen molar-refractivity contribution < 1.29 is 14.8 Å². The minimum absolute atomic E-state index is 0.00420. The maximum atomic E-state index is 11.9. The number of phenolic OH excluding ortho intramolecular Hbond substituents is 1. The zero-order valence-electron chi connectivity index (χ0n) is 12.4. The lowest BCUT2D eigenvalue weighted by Crippen LogP contribution is -2.31. The quantitative estimate of drug-likeness (QED) is 0.438. The standard InChI is InChI=1S/C14H21N3O4/c1-14(2,3)8-9(15)6-13(19)16-11-5-4-10(18)7-12(11)17(20)21/h4-5,7,9,18H,6,8,15H2,1-3H3,(H,16,19). The molecule has 1 amide bonds. The molecule has 0 aliphatic heterocycles. The Kier molecular flexibility index (Phi) is 5.26. The third kappa shape index (κ3) is 5.78. The van der Waals surface area contributed by atoms with Crippen molar-refractivity contribution in [3.05, 3.63) is 28.3 Å². The summed E-state index contributed by atoms with van der Waals surface area (Å²) in [5.41, 5.74) is 5.60. The molecule has 1 unspecified atom stereocenters. The molecule has 4 N–H and O–H groups in total. The van der Waals surface area contributed by atoms with Gasteiger partial charge in [0.15, 0.2) is 0 Å². The molecule has 1 aromatic carbocycles. The zero-order valence-corrected chi connectivity index (χ0v) is 12.4. The Bertz CT molecular complexity index is 538. The van der Waals surface area contributed by atoms with Gasteiger partial charge in [0.25, 0.3) is 5.69 Å². The van der Waals surface area contributed by atoms with Crippen molar-refractivity contribution in [2.45, 2.75) is 39.7 Å². The summed E-state index contributed by atoms with van der Waals surface area (Å²) in [6, 6.07) is 3.24. The van der Waals surface area contributed by atoms with Crippen LogP contribution in [0.5, 0.6) is 5.75 Å². The van der Waals surface area contributed by atoms with E-state index in [4.69, 9.17) is 5.73 Å². The molecule has 1 aromatic rings. The van der Waals surface area contributed by atoms with E-state index >= 15 is 0 Å². The number of nitro benzene ring substituents is 1. The summed E-state index contributed by atoms with van der Waals surface area (Å²) >= 11 is 0. The number of nitrogens with zero attached hydrogens (tertiary/aromatic N) is 1. The number of nitrogens with two attached hydrogens (primary N) is 1. The number of aromatic hydroxyl groups is 1. The van der Waals surface area contributed by atoms with Gasteiger partial charge in [-0.2, -0.15) is 0 Å². The summed E-state index contributed by atoms with van der Waals surface area (Å²) in [5, 5.41) is 22.6. The molecule has 0 aromatic heterocycles. The first-order valence-corrected chi connectivity index (χ1v) is 6.61. The molecule has 0 aliphatic rings. The highest BCUT2D eigenvalue weighted by atomic mass is 16.6. The predicted octanol–water partition coefficient (Wildman–Crippen LogP) is 2.39. The lowest BCUT2D eigenvalue weighted by molar-refractivity contribution is -0.384. The molecule has 7 heteroatoms. The van der Waals surface area contributed by atoms with Crippen molar-refractivity contribution in [2.75, 3.05) is 5.32 Å². The highest BCUT2D eigenvalue weighted by molar-refractivity contribution is 5.93. The number of nitro groups is 1. The second kappa shape index (κ2) is 6.53. The summed E-state index contributed by atoms with van der Waals surface area (Å²) in [4.78, 5) is 22.1. The van der Waals surface area contributed by atoms with Crippen LogP contribution < -0.4 is 11.1 Å². The largest absolute Gasteiger partial charge is 0.508 e. The van der Waals surface area contributed by atoms with Crippen LogP contribution in [0.4, 0.5) is 11.4 Å². The molecule has 0 aliphatic carbocycles. The number of carbonyl (C=O) groups excluding carboxylic acids is 1. The first-order valence-electron chi connectivity index (χ1n) is 6.61. The number of carbonyl (C=O) groups is 1. The smallest absolute Gasteiger partial charge is 0.296 e. The van der Waals surface area contributed by atoms with Crippen molar-refractivity contribution in [2.24, 2.45) is 11.1 Å². The minimum Gasteiger partial charge on any atom is -0.508 e. The molecule has 0 heterocycles. The molecule has 1 atom stereocenters. The van der Waals surface area contributed by atoms with Gasteiger partial charge in [-0.3, -0.25) is 14.9 Å². The SMILES string of the molecule is CC(C)(C)CC(N)CC(=O)Nc1ccc(O)cc1[N+](=O)[O-]. The lowest BCUT2D eigenvalue weighted by atomic mass is 9.87. The van der Waals surface area contributed by atoms with E-state index in [-0.39, 0.29) is 40.9 Å². The Morgan fingerprint density at radius 2 is 2.10 bits per heavy atom. The van der Waals surface area contributed by atoms with Gasteiger partial charge in [-0.25, -0.2) is 0 Å². The molecule has 0 saturated heterocycles. The van der Waals surface area contributed by atoms with E-state index in [2.05, 4.69) is 5.32 Å². The average molecular weight is 295 g/mol. The van der Waals surface area contributed by atoms with Crippen LogP contribution >= 0.6 is 0 Å². The fourth-order valence-electron chi connectivity index (χ4n) is 2.07. The van der Waals surface area contributed by atoms with Crippen LogP contribution in [-0.2, 0) is 4.79 Å². The highest BCUT2D eigenvalue weighted by Crippen LogP contribution is 2.28. The molecule has 0 bridgehead atoms. The molecular weight excluding hydrogens is 274 g/mol. The average Bonchev–Trinajstić information content (AvgIpc) is 2.28. The molecule has 0 radical (unpaired) electrons. The van der Waals surface area contributed by atoms with E-state index in [1.165, 1.54) is 12.1 Å². The molecule has 116 valence electrons. The summed E-state index contributed by atoms with van der Waals surface area (Å²) in [6.45, 7) is 6.07. The van der Waals surface area contributed by atoms with Crippen molar-refractivity contribution in [1.29, 1.82) is 0 Å². The molecule has 0 saturated carbocycles. The van der Waals surface area contributed by atoms with E-state index in [0.29, 0.717) is 6.42 Å². The predicted molar refractivity (Wildman–Crippen MR) is 80.1 cm³/mol. The number of phenols is 1. The molecule has 0 spiro atoms. The van der Waals surface area contributed by atoms with Gasteiger partial charge in [0, 0.05) is 12.5 Å². The van der Waals surface area contributed by atoms with Crippen LogP contribution in [0.3, 0.4) is 0 Å². The van der Waals surface area contributed by atoms with Crippen molar-refractivity contribution in [3.8, 4) is 5.75 Å². The van der Waals surface area contributed by atoms with Gasteiger partial charge < -0.3 is 16.2 Å². The lowest BCUT2D eigenvalue weighted by Gasteiger charge is -2.22. The summed E-state index contributed by atoms with van der Waals surface area (Å²) in [5.74, 6) is -0.621. The number of amides is 1. The molecule has 0 fully saturated rings. The van der Waals surface area contributed by atoms with Crippen LogP contribution in [0.15, 0.2) is 18.2 Å². The van der Waals surface area contributed by atoms with Crippen LogP contribution in [-0.4, -0.2) is 22.0 Å². The summed E-state index contributed by atoms with van der Waals surface area (Å²) in [7, 11) is 0. The van der Waals surface area contributed by atoms with E-state index in [1.807, 2.05) is 20.8 Å². The van der Waals surface area contributed by atoms with E-state index in [0.717, 1.165) is 6.07 Å². The Morgan fingerprint density at radius 3 is 2.62 bits per heavy atom. The molecule has 1 rings (SSSR count). The Balaban J connectivity index is 2.73. The highest BCUT2D eigenvalue weighted by Gasteiger charge is 2.20. The van der Waals surface area contributed by atoms with Crippen molar-refractivity contribution in [1.82, 2.24) is 0 Å². The molecular formula is C14H21N3O4.